The SMILES string of the molecule is C=C1CC[C@@H](N2Cc3cc(N4CCN(CCC5CCN(c6ccc([C@@H]7c8ccc(O)cc8CC[C@@H]7c7ccccc7)cc6)CC5)CC4)ccc3C2=O)C(=O)N1. The van der Waals surface area contributed by atoms with Crippen molar-refractivity contribution in [2.24, 2.45) is 5.92 Å². The first-order chi connectivity index (χ1) is 26.9. The van der Waals surface area contributed by atoms with E-state index < -0.39 is 6.04 Å². The summed E-state index contributed by atoms with van der Waals surface area (Å²) in [4.78, 5) is 35.2. The van der Waals surface area contributed by atoms with Crippen LogP contribution in [-0.4, -0.2) is 78.6 Å². The van der Waals surface area contributed by atoms with E-state index in [0.717, 1.165) is 81.4 Å². The van der Waals surface area contributed by atoms with Gasteiger partial charge in [0, 0.05) is 74.4 Å². The number of aromatic hydroxyl groups is 1. The minimum atomic E-state index is -0.423. The standard InChI is InChI=1S/C47H53N5O3/c1-32-7-18-44(46(54)48-32)52-31-37-29-39(13-16-43(37)47(52)55)51-27-25-49(26-28-51)22-19-33-20-23-50(24-21-33)38-11-8-35(9-12-38)45-41(34-5-3-2-4-6-34)15-10-36-30-40(53)14-17-42(36)45/h2-6,8-9,11-14,16-17,29-30,33,41,44-45,53H,1,7,10,15,18-28,31H2,(H,48,54)/t41-,44-,45+/m1/s1. The number of anilines is 2. The van der Waals surface area contributed by atoms with E-state index in [1.807, 2.05) is 18.2 Å². The van der Waals surface area contributed by atoms with Crippen molar-refractivity contribution in [3.8, 4) is 5.75 Å². The highest BCUT2D eigenvalue weighted by Gasteiger charge is 2.38. The van der Waals surface area contributed by atoms with Crippen LogP contribution in [-0.2, 0) is 17.8 Å². The largest absolute Gasteiger partial charge is 0.508 e. The van der Waals surface area contributed by atoms with E-state index in [1.165, 1.54) is 52.9 Å². The Morgan fingerprint density at radius 2 is 1.45 bits per heavy atom. The van der Waals surface area contributed by atoms with Gasteiger partial charge in [0.25, 0.3) is 5.91 Å². The quantitative estimate of drug-likeness (QED) is 0.196. The molecule has 2 N–H and O–H groups in total. The molecule has 8 nitrogen and oxygen atoms in total. The van der Waals surface area contributed by atoms with Gasteiger partial charge in [-0.05, 0) is 134 Å². The molecular formula is C47H53N5O3. The van der Waals surface area contributed by atoms with Gasteiger partial charge in [-0.1, -0.05) is 55.1 Å². The molecule has 2 amide bonds. The molecule has 9 rings (SSSR count). The number of rotatable bonds is 8. The smallest absolute Gasteiger partial charge is 0.255 e. The fourth-order valence-corrected chi connectivity index (χ4v) is 10.1. The van der Waals surface area contributed by atoms with Gasteiger partial charge in [0.05, 0.1) is 0 Å². The van der Waals surface area contributed by atoms with Crippen molar-refractivity contribution < 1.29 is 14.7 Å². The maximum Gasteiger partial charge on any atom is 0.255 e. The van der Waals surface area contributed by atoms with Crippen LogP contribution in [0.4, 0.5) is 11.4 Å². The van der Waals surface area contributed by atoms with Crippen LogP contribution >= 0.6 is 0 Å². The summed E-state index contributed by atoms with van der Waals surface area (Å²) in [6, 6.07) is 32.1. The summed E-state index contributed by atoms with van der Waals surface area (Å²) in [5, 5.41) is 13.1. The molecule has 1 aliphatic carbocycles. The molecule has 3 fully saturated rings. The first-order valence-corrected chi connectivity index (χ1v) is 20.5. The number of benzene rings is 4. The van der Waals surface area contributed by atoms with Gasteiger partial charge < -0.3 is 25.1 Å². The van der Waals surface area contributed by atoms with Crippen LogP contribution in [0, 0.1) is 5.92 Å². The van der Waals surface area contributed by atoms with Gasteiger partial charge in [-0.25, -0.2) is 0 Å². The third-order valence-electron chi connectivity index (χ3n) is 13.3. The maximum atomic E-state index is 13.2. The fourth-order valence-electron chi connectivity index (χ4n) is 10.1. The number of phenols is 1. The Balaban J connectivity index is 0.756. The molecule has 55 heavy (non-hydrogen) atoms. The predicted octanol–water partition coefficient (Wildman–Crippen LogP) is 7.43. The van der Waals surface area contributed by atoms with Crippen molar-refractivity contribution in [2.75, 3.05) is 55.6 Å². The number of carbonyl (C=O) groups is 2. The lowest BCUT2D eigenvalue weighted by molar-refractivity contribution is -0.126. The lowest BCUT2D eigenvalue weighted by atomic mass is 9.69. The molecular weight excluding hydrogens is 683 g/mol. The molecule has 0 saturated carbocycles. The molecule has 3 atom stereocenters. The number of piperidine rings is 2. The second kappa shape index (κ2) is 15.2. The topological polar surface area (TPSA) is 79.4 Å². The Hall–Kier alpha value is -5.08. The molecule has 284 valence electrons. The molecule has 3 saturated heterocycles. The first-order valence-electron chi connectivity index (χ1n) is 20.5. The van der Waals surface area contributed by atoms with Crippen molar-refractivity contribution in [2.45, 2.75) is 69.4 Å². The van der Waals surface area contributed by atoms with Gasteiger partial charge in [-0.15, -0.1) is 0 Å². The highest BCUT2D eigenvalue weighted by Crippen LogP contribution is 2.47. The van der Waals surface area contributed by atoms with E-state index in [9.17, 15) is 14.7 Å². The summed E-state index contributed by atoms with van der Waals surface area (Å²) in [6.07, 6.45) is 7.13. The van der Waals surface area contributed by atoms with Gasteiger partial charge in [-0.3, -0.25) is 14.5 Å². The lowest BCUT2D eigenvalue weighted by Crippen LogP contribution is -2.49. The average Bonchev–Trinajstić information content (AvgIpc) is 3.55. The number of amides is 2. The van der Waals surface area contributed by atoms with Crippen LogP contribution in [0.5, 0.6) is 5.75 Å². The summed E-state index contributed by atoms with van der Waals surface area (Å²) < 4.78 is 0. The van der Waals surface area contributed by atoms with Crippen LogP contribution in [0.3, 0.4) is 0 Å². The van der Waals surface area contributed by atoms with E-state index in [0.29, 0.717) is 31.1 Å². The first kappa shape index (κ1) is 35.6. The van der Waals surface area contributed by atoms with Crippen molar-refractivity contribution in [3.63, 3.8) is 0 Å². The minimum Gasteiger partial charge on any atom is -0.508 e. The summed E-state index contributed by atoms with van der Waals surface area (Å²) in [7, 11) is 0. The third-order valence-corrected chi connectivity index (χ3v) is 13.3. The molecule has 4 aromatic rings. The number of fused-ring (bicyclic) bond motifs is 2. The van der Waals surface area contributed by atoms with E-state index >= 15 is 0 Å². The van der Waals surface area contributed by atoms with Crippen LogP contribution in [0.15, 0.2) is 103 Å². The van der Waals surface area contributed by atoms with Gasteiger partial charge in [0.2, 0.25) is 5.91 Å². The average molecular weight is 736 g/mol. The molecule has 4 aromatic carbocycles. The molecule has 5 aliphatic rings. The van der Waals surface area contributed by atoms with Crippen molar-refractivity contribution in [1.29, 1.82) is 0 Å². The molecule has 0 unspecified atom stereocenters. The highest BCUT2D eigenvalue weighted by atomic mass is 16.3. The molecule has 0 bridgehead atoms. The number of hydrogen-bond donors (Lipinski definition) is 2. The number of nitrogens with zero attached hydrogens (tertiary/aromatic N) is 4. The van der Waals surface area contributed by atoms with E-state index in [-0.39, 0.29) is 17.7 Å². The molecule has 0 aromatic heterocycles. The Bertz CT molecular complexity index is 2050. The van der Waals surface area contributed by atoms with E-state index in [2.05, 4.69) is 99.4 Å². The summed E-state index contributed by atoms with van der Waals surface area (Å²) in [6.45, 7) is 11.8. The van der Waals surface area contributed by atoms with Crippen molar-refractivity contribution in [1.82, 2.24) is 15.1 Å². The molecule has 0 spiro atoms. The third kappa shape index (κ3) is 7.25. The maximum absolute atomic E-state index is 13.2. The zero-order valence-electron chi connectivity index (χ0n) is 31.8. The number of piperazine rings is 1. The molecule has 0 radical (unpaired) electrons. The number of allylic oxidation sites excluding steroid dienone is 1. The Labute approximate surface area is 325 Å². The molecule has 8 heteroatoms. The fraction of sp³-hybridized carbons (Fsp3) is 0.404. The monoisotopic (exact) mass is 735 g/mol. The van der Waals surface area contributed by atoms with Gasteiger partial charge in [0.1, 0.15) is 11.8 Å². The Morgan fingerprint density at radius 1 is 0.709 bits per heavy atom. The van der Waals surface area contributed by atoms with Crippen LogP contribution in [0.1, 0.15) is 88.5 Å². The number of phenolic OH excluding ortho intramolecular Hbond substituents is 1. The zero-order chi connectivity index (χ0) is 37.5. The molecule has 4 heterocycles. The summed E-state index contributed by atoms with van der Waals surface area (Å²) in [5.41, 5.74) is 10.4. The van der Waals surface area contributed by atoms with Crippen molar-refractivity contribution in [3.05, 3.63) is 137 Å². The minimum absolute atomic E-state index is 0.0377. The highest BCUT2D eigenvalue weighted by molar-refractivity contribution is 6.01. The van der Waals surface area contributed by atoms with E-state index in [1.54, 1.807) is 4.90 Å². The van der Waals surface area contributed by atoms with Gasteiger partial charge in [-0.2, -0.15) is 0 Å². The number of nitrogens with one attached hydrogen (secondary N) is 1. The second-order valence-corrected chi connectivity index (χ2v) is 16.5. The predicted molar refractivity (Wildman–Crippen MR) is 219 cm³/mol. The number of aryl methyl sites for hydroxylation is 1. The number of carbonyl (C=O) groups excluding carboxylic acids is 2. The summed E-state index contributed by atoms with van der Waals surface area (Å²) >= 11 is 0. The van der Waals surface area contributed by atoms with Gasteiger partial charge >= 0.3 is 0 Å². The Morgan fingerprint density at radius 3 is 2.22 bits per heavy atom. The lowest BCUT2D eigenvalue weighted by Gasteiger charge is -2.38. The normalized spacial score (nSPS) is 23.5. The Kier molecular flexibility index (Phi) is 9.85. The van der Waals surface area contributed by atoms with E-state index in [4.69, 9.17) is 0 Å². The van der Waals surface area contributed by atoms with Crippen molar-refractivity contribution >= 4 is 23.2 Å². The van der Waals surface area contributed by atoms with Crippen LogP contribution in [0.25, 0.3) is 0 Å². The van der Waals surface area contributed by atoms with Gasteiger partial charge in [0.15, 0.2) is 0 Å². The molecule has 4 aliphatic heterocycles. The summed E-state index contributed by atoms with van der Waals surface area (Å²) in [5.74, 6) is 1.66. The number of hydrogen-bond acceptors (Lipinski definition) is 6. The van der Waals surface area contributed by atoms with Crippen LogP contribution in [0.2, 0.25) is 0 Å². The second-order valence-electron chi connectivity index (χ2n) is 16.5. The zero-order valence-corrected chi connectivity index (χ0v) is 31.8. The van der Waals surface area contributed by atoms with Crippen LogP contribution < -0.4 is 15.1 Å².